The molecular weight excluding hydrogens is 208 g/mol. The molecule has 3 nitrogen and oxygen atoms in total. The van der Waals surface area contributed by atoms with Gasteiger partial charge in [-0.25, -0.2) is 0 Å². The molecule has 0 aliphatic rings. The third kappa shape index (κ3) is 8.78. The molecule has 0 aromatic carbocycles. The fraction of sp³-hybridized carbons (Fsp3) is 0.909. The predicted molar refractivity (Wildman–Crippen MR) is 69.2 cm³/mol. The van der Waals surface area contributed by atoms with Gasteiger partial charge < -0.3 is 15.4 Å². The molecule has 0 spiro atoms. The molecule has 2 N–H and O–H groups in total. The Morgan fingerprint density at radius 3 is 2.67 bits per heavy atom. The number of rotatable bonds is 9. The van der Waals surface area contributed by atoms with Crippen molar-refractivity contribution in [1.29, 1.82) is 0 Å². The van der Waals surface area contributed by atoms with Gasteiger partial charge in [0.15, 0.2) is 0 Å². The Hall–Kier alpha value is -0.190. The monoisotopic (exact) mass is 232 g/mol. The average molecular weight is 232 g/mol. The summed E-state index contributed by atoms with van der Waals surface area (Å²) >= 11 is 4.93. The van der Waals surface area contributed by atoms with E-state index in [1.165, 1.54) is 6.42 Å². The van der Waals surface area contributed by atoms with Crippen LogP contribution in [-0.4, -0.2) is 43.2 Å². The quantitative estimate of drug-likeness (QED) is 0.485. The fourth-order valence-corrected chi connectivity index (χ4v) is 1.29. The first-order valence-corrected chi connectivity index (χ1v) is 6.04. The zero-order valence-corrected chi connectivity index (χ0v) is 11.0. The molecule has 1 atom stereocenters. The fourth-order valence-electron chi connectivity index (χ4n) is 1.22. The van der Waals surface area contributed by atoms with Crippen LogP contribution in [0, 0.1) is 5.92 Å². The van der Waals surface area contributed by atoms with Crippen LogP contribution in [0.1, 0.15) is 26.7 Å². The van der Waals surface area contributed by atoms with Gasteiger partial charge in [-0.05, 0) is 13.5 Å². The van der Waals surface area contributed by atoms with Crippen LogP contribution in [0.25, 0.3) is 0 Å². The number of hydrogen-bond donors (Lipinski definition) is 1. The first-order chi connectivity index (χ1) is 7.07. The van der Waals surface area contributed by atoms with E-state index in [4.69, 9.17) is 22.7 Å². The molecule has 0 fully saturated rings. The summed E-state index contributed by atoms with van der Waals surface area (Å²) in [6, 6.07) is 0. The number of nitrogens with two attached hydrogens (primary N) is 1. The minimum atomic E-state index is 0.278. The molecule has 1 unspecified atom stereocenters. The average Bonchev–Trinajstić information content (AvgIpc) is 2.17. The number of unbranched alkanes of at least 4 members (excludes halogenated alkanes) is 1. The van der Waals surface area contributed by atoms with Crippen molar-refractivity contribution in [1.82, 2.24) is 4.90 Å². The van der Waals surface area contributed by atoms with E-state index in [9.17, 15) is 0 Å². The van der Waals surface area contributed by atoms with E-state index in [0.717, 1.165) is 32.7 Å². The van der Waals surface area contributed by atoms with E-state index in [2.05, 4.69) is 25.8 Å². The summed E-state index contributed by atoms with van der Waals surface area (Å²) in [5, 5.41) is 0. The second-order valence-corrected chi connectivity index (χ2v) is 4.50. The molecule has 15 heavy (non-hydrogen) atoms. The van der Waals surface area contributed by atoms with E-state index in [0.29, 0.717) is 4.99 Å². The highest BCUT2D eigenvalue weighted by molar-refractivity contribution is 7.80. The first kappa shape index (κ1) is 14.8. The zero-order valence-electron chi connectivity index (χ0n) is 10.2. The van der Waals surface area contributed by atoms with Gasteiger partial charge in [0.25, 0.3) is 0 Å². The van der Waals surface area contributed by atoms with E-state index in [1.807, 2.05) is 0 Å². The van der Waals surface area contributed by atoms with Gasteiger partial charge in [0.1, 0.15) is 0 Å². The van der Waals surface area contributed by atoms with Crippen molar-refractivity contribution in [2.24, 2.45) is 11.7 Å². The van der Waals surface area contributed by atoms with Crippen LogP contribution < -0.4 is 5.73 Å². The molecule has 90 valence electrons. The first-order valence-electron chi connectivity index (χ1n) is 5.63. The predicted octanol–water partition coefficient (Wildman–Crippen LogP) is 1.66. The summed E-state index contributed by atoms with van der Waals surface area (Å²) < 4.78 is 5.48. The van der Waals surface area contributed by atoms with Crippen molar-refractivity contribution in [2.45, 2.75) is 26.7 Å². The lowest BCUT2D eigenvalue weighted by Gasteiger charge is -2.20. The van der Waals surface area contributed by atoms with Crippen LogP contribution in [0.3, 0.4) is 0 Å². The molecule has 0 amide bonds. The minimum Gasteiger partial charge on any atom is -0.393 e. The summed E-state index contributed by atoms with van der Waals surface area (Å²) in [6.45, 7) is 7.73. The number of hydrogen-bond acceptors (Lipinski definition) is 3. The Balaban J connectivity index is 3.40. The second kappa shape index (κ2) is 9.07. The van der Waals surface area contributed by atoms with Gasteiger partial charge >= 0.3 is 0 Å². The summed E-state index contributed by atoms with van der Waals surface area (Å²) in [7, 11) is 2.07. The van der Waals surface area contributed by atoms with E-state index >= 15 is 0 Å². The number of ether oxygens (including phenoxy) is 1. The Kier molecular flexibility index (Phi) is 8.95. The van der Waals surface area contributed by atoms with Crippen molar-refractivity contribution in [2.75, 3.05) is 33.4 Å². The van der Waals surface area contributed by atoms with E-state index < -0.39 is 0 Å². The van der Waals surface area contributed by atoms with E-state index in [-0.39, 0.29) is 5.92 Å². The minimum absolute atomic E-state index is 0.278. The van der Waals surface area contributed by atoms with Crippen molar-refractivity contribution in [3.8, 4) is 0 Å². The molecule has 0 bridgehead atoms. The summed E-state index contributed by atoms with van der Waals surface area (Å²) in [5.41, 5.74) is 5.55. The lowest BCUT2D eigenvalue weighted by atomic mass is 10.2. The molecule has 0 rings (SSSR count). The molecule has 0 heterocycles. The number of thiocarbonyl (C=S) groups is 1. The maximum absolute atomic E-state index is 5.55. The Morgan fingerprint density at radius 1 is 1.47 bits per heavy atom. The van der Waals surface area contributed by atoms with Crippen LogP contribution in [0.2, 0.25) is 0 Å². The van der Waals surface area contributed by atoms with Gasteiger partial charge in [0.2, 0.25) is 0 Å². The molecule has 0 radical (unpaired) electrons. The van der Waals surface area contributed by atoms with Crippen LogP contribution in [0.15, 0.2) is 0 Å². The standard InChI is InChI=1S/C11H24N2OS/c1-4-5-7-14-8-6-13(3)9-10(2)11(12)15/h10H,4-9H2,1-3H3,(H2,12,15). The Morgan fingerprint density at radius 2 is 2.13 bits per heavy atom. The Labute approximate surface area is 99.0 Å². The third-order valence-electron chi connectivity index (χ3n) is 2.33. The molecule has 0 saturated carbocycles. The van der Waals surface area contributed by atoms with Crippen LogP contribution in [-0.2, 0) is 4.74 Å². The van der Waals surface area contributed by atoms with E-state index in [1.54, 1.807) is 0 Å². The second-order valence-electron chi connectivity index (χ2n) is 4.03. The van der Waals surface area contributed by atoms with Crippen LogP contribution in [0.4, 0.5) is 0 Å². The van der Waals surface area contributed by atoms with Crippen molar-refractivity contribution >= 4 is 17.2 Å². The van der Waals surface area contributed by atoms with Gasteiger partial charge in [-0.2, -0.15) is 0 Å². The highest BCUT2D eigenvalue weighted by Crippen LogP contribution is 1.98. The van der Waals surface area contributed by atoms with Gasteiger partial charge in [-0.15, -0.1) is 0 Å². The lowest BCUT2D eigenvalue weighted by molar-refractivity contribution is 0.108. The summed E-state index contributed by atoms with van der Waals surface area (Å²) in [4.78, 5) is 2.80. The summed E-state index contributed by atoms with van der Waals surface area (Å²) in [5.74, 6) is 0.278. The topological polar surface area (TPSA) is 38.5 Å². The highest BCUT2D eigenvalue weighted by Gasteiger charge is 2.08. The molecular formula is C11H24N2OS. The summed E-state index contributed by atoms with van der Waals surface area (Å²) in [6.07, 6.45) is 2.33. The normalized spacial score (nSPS) is 13.1. The van der Waals surface area contributed by atoms with Crippen LogP contribution >= 0.6 is 12.2 Å². The molecule has 0 aromatic rings. The van der Waals surface area contributed by atoms with Gasteiger partial charge in [0.05, 0.1) is 11.6 Å². The molecule has 0 saturated heterocycles. The lowest BCUT2D eigenvalue weighted by Crippen LogP contribution is -2.33. The number of likely N-dealkylation sites (N-methyl/N-ethyl adjacent to an activating group) is 1. The maximum Gasteiger partial charge on any atom is 0.0768 e. The van der Waals surface area contributed by atoms with Crippen molar-refractivity contribution < 1.29 is 4.74 Å². The molecule has 4 heteroatoms. The number of nitrogens with zero attached hydrogens (tertiary/aromatic N) is 1. The highest BCUT2D eigenvalue weighted by atomic mass is 32.1. The molecule has 0 aliphatic carbocycles. The van der Waals surface area contributed by atoms with Crippen molar-refractivity contribution in [3.05, 3.63) is 0 Å². The van der Waals surface area contributed by atoms with Gasteiger partial charge in [0, 0.05) is 25.6 Å². The van der Waals surface area contributed by atoms with Crippen LogP contribution in [0.5, 0.6) is 0 Å². The van der Waals surface area contributed by atoms with Crippen molar-refractivity contribution in [3.63, 3.8) is 0 Å². The largest absolute Gasteiger partial charge is 0.393 e. The van der Waals surface area contributed by atoms with Gasteiger partial charge in [-0.3, -0.25) is 0 Å². The maximum atomic E-state index is 5.55. The third-order valence-corrected chi connectivity index (χ3v) is 2.73. The van der Waals surface area contributed by atoms with Gasteiger partial charge in [-0.1, -0.05) is 32.5 Å². The zero-order chi connectivity index (χ0) is 11.7. The Bertz CT molecular complexity index is 176. The smallest absolute Gasteiger partial charge is 0.0768 e. The SMILES string of the molecule is CCCCOCCN(C)CC(C)C(N)=S. The molecule has 0 aliphatic heterocycles. The molecule has 0 aromatic heterocycles.